The lowest BCUT2D eigenvalue weighted by molar-refractivity contribution is -0.132. The molecule has 0 amide bonds. The van der Waals surface area contributed by atoms with Crippen molar-refractivity contribution in [2.45, 2.75) is 19.0 Å². The number of aromatic nitrogens is 1. The summed E-state index contributed by atoms with van der Waals surface area (Å²) in [5, 5.41) is 6.34. The Bertz CT molecular complexity index is 682. The number of benzene rings is 1. The number of alkyl halides is 3. The summed E-state index contributed by atoms with van der Waals surface area (Å²) >= 11 is 0. The van der Waals surface area contributed by atoms with E-state index in [1.165, 1.54) is 19.2 Å². The molecular formula is C15H19F4IN4. The second-order valence-electron chi connectivity index (χ2n) is 5.04. The first-order valence-electron chi connectivity index (χ1n) is 7.16. The number of hydrogen-bond acceptors (Lipinski definition) is 1. The SMILES string of the molecule is CN=C(NCCc1c[nH]c2ccc(F)cc12)NCCC(F)(F)F.I. The number of nitrogens with zero attached hydrogens (tertiary/aromatic N) is 1. The van der Waals surface area contributed by atoms with Crippen LogP contribution in [0.25, 0.3) is 10.9 Å². The number of nitrogens with one attached hydrogen (secondary N) is 3. The molecule has 1 aromatic heterocycles. The second-order valence-corrected chi connectivity index (χ2v) is 5.04. The maximum absolute atomic E-state index is 13.3. The van der Waals surface area contributed by atoms with Gasteiger partial charge in [0.05, 0.1) is 6.42 Å². The van der Waals surface area contributed by atoms with Crippen molar-refractivity contribution in [2.24, 2.45) is 4.99 Å². The normalized spacial score (nSPS) is 12.1. The number of hydrogen-bond donors (Lipinski definition) is 3. The Morgan fingerprint density at radius 2 is 1.92 bits per heavy atom. The lowest BCUT2D eigenvalue weighted by atomic mass is 10.1. The summed E-state index contributed by atoms with van der Waals surface area (Å²) in [6.07, 6.45) is -2.73. The van der Waals surface area contributed by atoms with Crippen LogP contribution in [0, 0.1) is 5.82 Å². The standard InChI is InChI=1S/C15H18F4N4.HI/c1-20-14(22-7-5-15(17,18)19)21-6-4-10-9-23-13-3-2-11(16)8-12(10)13;/h2-3,8-9,23H,4-7H2,1H3,(H2,20,21,22);1H. The van der Waals surface area contributed by atoms with Crippen molar-refractivity contribution in [3.8, 4) is 0 Å². The van der Waals surface area contributed by atoms with Gasteiger partial charge in [-0.1, -0.05) is 0 Å². The fraction of sp³-hybridized carbons (Fsp3) is 0.400. The molecule has 1 aromatic carbocycles. The van der Waals surface area contributed by atoms with Crippen molar-refractivity contribution in [1.82, 2.24) is 15.6 Å². The molecule has 0 atom stereocenters. The molecule has 0 aliphatic carbocycles. The van der Waals surface area contributed by atoms with Crippen molar-refractivity contribution in [3.05, 3.63) is 35.8 Å². The van der Waals surface area contributed by atoms with Gasteiger partial charge in [-0.3, -0.25) is 4.99 Å². The van der Waals surface area contributed by atoms with Crippen LogP contribution in [0.5, 0.6) is 0 Å². The van der Waals surface area contributed by atoms with Crippen molar-refractivity contribution in [2.75, 3.05) is 20.1 Å². The summed E-state index contributed by atoms with van der Waals surface area (Å²) in [6, 6.07) is 4.50. The zero-order chi connectivity index (χ0) is 16.9. The highest BCUT2D eigenvalue weighted by Gasteiger charge is 2.26. The molecule has 4 nitrogen and oxygen atoms in total. The van der Waals surface area contributed by atoms with Gasteiger partial charge >= 0.3 is 6.18 Å². The molecule has 0 radical (unpaired) electrons. The number of halogens is 5. The second kappa shape index (κ2) is 9.09. The molecule has 1 heterocycles. The molecule has 134 valence electrons. The minimum absolute atomic E-state index is 0. The third-order valence-corrected chi connectivity index (χ3v) is 3.34. The molecule has 2 aromatic rings. The van der Waals surface area contributed by atoms with Gasteiger partial charge in [-0.15, -0.1) is 24.0 Å². The van der Waals surface area contributed by atoms with Crippen molar-refractivity contribution < 1.29 is 17.6 Å². The zero-order valence-corrected chi connectivity index (χ0v) is 15.3. The smallest absolute Gasteiger partial charge is 0.361 e. The van der Waals surface area contributed by atoms with Gasteiger partial charge in [0.25, 0.3) is 0 Å². The maximum Gasteiger partial charge on any atom is 0.390 e. The average Bonchev–Trinajstić information content (AvgIpc) is 2.87. The van der Waals surface area contributed by atoms with Gasteiger partial charge in [-0.05, 0) is 30.2 Å². The monoisotopic (exact) mass is 458 g/mol. The number of fused-ring (bicyclic) bond motifs is 1. The van der Waals surface area contributed by atoms with Crippen LogP contribution in [0.15, 0.2) is 29.4 Å². The maximum atomic E-state index is 13.3. The quantitative estimate of drug-likeness (QED) is 0.278. The van der Waals surface area contributed by atoms with E-state index in [1.807, 2.05) is 0 Å². The van der Waals surface area contributed by atoms with Crippen molar-refractivity contribution in [1.29, 1.82) is 0 Å². The highest BCUT2D eigenvalue weighted by atomic mass is 127. The van der Waals surface area contributed by atoms with Crippen LogP contribution >= 0.6 is 24.0 Å². The number of rotatable bonds is 5. The Hall–Kier alpha value is -1.52. The van der Waals surface area contributed by atoms with E-state index in [1.54, 1.807) is 12.3 Å². The van der Waals surface area contributed by atoms with Crippen LogP contribution in [0.4, 0.5) is 17.6 Å². The highest BCUT2D eigenvalue weighted by Crippen LogP contribution is 2.19. The van der Waals surface area contributed by atoms with Gasteiger partial charge in [-0.25, -0.2) is 4.39 Å². The molecule has 0 bridgehead atoms. The Morgan fingerprint density at radius 3 is 2.58 bits per heavy atom. The number of aliphatic imine (C=N–C) groups is 1. The molecular weight excluding hydrogens is 439 g/mol. The molecule has 2 rings (SSSR count). The first-order chi connectivity index (χ1) is 10.9. The van der Waals surface area contributed by atoms with Crippen LogP contribution in [-0.4, -0.2) is 37.3 Å². The van der Waals surface area contributed by atoms with Crippen LogP contribution in [-0.2, 0) is 6.42 Å². The van der Waals surface area contributed by atoms with Gasteiger partial charge in [0.1, 0.15) is 5.82 Å². The molecule has 0 aliphatic rings. The van der Waals surface area contributed by atoms with E-state index < -0.39 is 12.6 Å². The average molecular weight is 458 g/mol. The Labute approximate surface area is 154 Å². The van der Waals surface area contributed by atoms with E-state index in [9.17, 15) is 17.6 Å². The highest BCUT2D eigenvalue weighted by molar-refractivity contribution is 14.0. The lowest BCUT2D eigenvalue weighted by Gasteiger charge is -2.12. The van der Waals surface area contributed by atoms with Gasteiger partial charge in [0.2, 0.25) is 0 Å². The van der Waals surface area contributed by atoms with E-state index >= 15 is 0 Å². The van der Waals surface area contributed by atoms with Gasteiger partial charge in [-0.2, -0.15) is 13.2 Å². The van der Waals surface area contributed by atoms with E-state index in [-0.39, 0.29) is 36.3 Å². The van der Waals surface area contributed by atoms with Crippen LogP contribution < -0.4 is 10.6 Å². The fourth-order valence-electron chi connectivity index (χ4n) is 2.22. The summed E-state index contributed by atoms with van der Waals surface area (Å²) in [5.41, 5.74) is 1.77. The van der Waals surface area contributed by atoms with Crippen LogP contribution in [0.1, 0.15) is 12.0 Å². The molecule has 0 saturated carbocycles. The van der Waals surface area contributed by atoms with E-state index in [0.29, 0.717) is 18.9 Å². The summed E-state index contributed by atoms with van der Waals surface area (Å²) in [7, 11) is 1.49. The molecule has 0 saturated heterocycles. The summed E-state index contributed by atoms with van der Waals surface area (Å²) in [5.74, 6) is -0.00351. The zero-order valence-electron chi connectivity index (χ0n) is 13.0. The molecule has 0 unspecified atom stereocenters. The third-order valence-electron chi connectivity index (χ3n) is 3.34. The molecule has 0 aliphatic heterocycles. The summed E-state index contributed by atoms with van der Waals surface area (Å²) < 4.78 is 49.6. The minimum atomic E-state index is -4.19. The summed E-state index contributed by atoms with van der Waals surface area (Å²) in [4.78, 5) is 6.92. The first kappa shape index (κ1) is 20.5. The lowest BCUT2D eigenvalue weighted by Crippen LogP contribution is -2.39. The Balaban J connectivity index is 0.00000288. The largest absolute Gasteiger partial charge is 0.390 e. The third kappa shape index (κ3) is 6.17. The number of H-pyrrole nitrogens is 1. The van der Waals surface area contributed by atoms with E-state index in [2.05, 4.69) is 20.6 Å². The van der Waals surface area contributed by atoms with E-state index in [0.717, 1.165) is 16.5 Å². The predicted molar refractivity (Wildman–Crippen MR) is 97.4 cm³/mol. The topological polar surface area (TPSA) is 52.2 Å². The number of aromatic amines is 1. The molecule has 3 N–H and O–H groups in total. The van der Waals surface area contributed by atoms with Crippen molar-refractivity contribution >= 4 is 40.8 Å². The molecule has 0 spiro atoms. The Kier molecular flexibility index (Phi) is 7.77. The molecule has 9 heteroatoms. The summed E-state index contributed by atoms with van der Waals surface area (Å²) in [6.45, 7) is 0.233. The molecule has 0 fully saturated rings. The fourth-order valence-corrected chi connectivity index (χ4v) is 2.22. The first-order valence-corrected chi connectivity index (χ1v) is 7.16. The van der Waals surface area contributed by atoms with Crippen molar-refractivity contribution in [3.63, 3.8) is 0 Å². The van der Waals surface area contributed by atoms with Gasteiger partial charge in [0.15, 0.2) is 5.96 Å². The Morgan fingerprint density at radius 1 is 1.21 bits per heavy atom. The molecule has 24 heavy (non-hydrogen) atoms. The van der Waals surface area contributed by atoms with Gasteiger partial charge < -0.3 is 15.6 Å². The van der Waals surface area contributed by atoms with Crippen LogP contribution in [0.2, 0.25) is 0 Å². The number of guanidine groups is 1. The minimum Gasteiger partial charge on any atom is -0.361 e. The van der Waals surface area contributed by atoms with E-state index in [4.69, 9.17) is 0 Å². The predicted octanol–water partition coefficient (Wildman–Crippen LogP) is 3.58. The van der Waals surface area contributed by atoms with Gasteiger partial charge in [0, 0.05) is 37.2 Å². The van der Waals surface area contributed by atoms with Crippen LogP contribution in [0.3, 0.4) is 0 Å².